The topological polar surface area (TPSA) is 54.0 Å². The van der Waals surface area contributed by atoms with Gasteiger partial charge in [-0.05, 0) is 17.7 Å². The third kappa shape index (κ3) is 3.55. The predicted octanol–water partition coefficient (Wildman–Crippen LogP) is 3.28. The van der Waals surface area contributed by atoms with Crippen molar-refractivity contribution < 1.29 is 4.79 Å². The summed E-state index contributed by atoms with van der Waals surface area (Å²) in [5, 5.41) is 7.74. The number of thiazole rings is 1. The number of hydrogen-bond acceptors (Lipinski definition) is 4. The number of anilines is 1. The maximum Gasteiger partial charge on any atom is 0.230 e. The SMILES string of the molecule is O=C(Cc1ccc(Cl)c(Cl)c1)Nc1nc2c(s1)CNCC2. The van der Waals surface area contributed by atoms with E-state index < -0.39 is 0 Å². The van der Waals surface area contributed by atoms with Crippen LogP contribution in [0.3, 0.4) is 0 Å². The Morgan fingerprint density at radius 3 is 3.00 bits per heavy atom. The quantitative estimate of drug-likeness (QED) is 0.900. The summed E-state index contributed by atoms with van der Waals surface area (Å²) in [6, 6.07) is 5.20. The summed E-state index contributed by atoms with van der Waals surface area (Å²) in [6.07, 6.45) is 1.16. The number of amides is 1. The van der Waals surface area contributed by atoms with E-state index in [9.17, 15) is 4.79 Å². The van der Waals surface area contributed by atoms with E-state index in [0.29, 0.717) is 15.2 Å². The molecular formula is C14H13Cl2N3OS. The van der Waals surface area contributed by atoms with Crippen LogP contribution in [0.15, 0.2) is 18.2 Å². The highest BCUT2D eigenvalue weighted by Gasteiger charge is 2.16. The van der Waals surface area contributed by atoms with Gasteiger partial charge in [0, 0.05) is 24.4 Å². The molecule has 1 aliphatic rings. The van der Waals surface area contributed by atoms with Crippen molar-refractivity contribution in [2.45, 2.75) is 19.4 Å². The molecule has 2 heterocycles. The van der Waals surface area contributed by atoms with Crippen molar-refractivity contribution in [3.63, 3.8) is 0 Å². The molecule has 1 aromatic heterocycles. The second-order valence-electron chi connectivity index (χ2n) is 4.79. The van der Waals surface area contributed by atoms with Gasteiger partial charge in [0.15, 0.2) is 5.13 Å². The smallest absolute Gasteiger partial charge is 0.230 e. The van der Waals surface area contributed by atoms with Gasteiger partial charge < -0.3 is 10.6 Å². The molecule has 0 saturated carbocycles. The van der Waals surface area contributed by atoms with E-state index in [-0.39, 0.29) is 12.3 Å². The maximum absolute atomic E-state index is 12.1. The van der Waals surface area contributed by atoms with Gasteiger partial charge in [-0.15, -0.1) is 11.3 Å². The van der Waals surface area contributed by atoms with Crippen molar-refractivity contribution in [3.05, 3.63) is 44.4 Å². The molecule has 3 rings (SSSR count). The van der Waals surface area contributed by atoms with E-state index in [4.69, 9.17) is 23.2 Å². The van der Waals surface area contributed by atoms with Crippen molar-refractivity contribution in [1.82, 2.24) is 10.3 Å². The highest BCUT2D eigenvalue weighted by atomic mass is 35.5. The molecule has 0 atom stereocenters. The molecule has 0 unspecified atom stereocenters. The van der Waals surface area contributed by atoms with Crippen LogP contribution < -0.4 is 10.6 Å². The fourth-order valence-electron chi connectivity index (χ4n) is 2.18. The Bertz CT molecular complexity index is 663. The number of fused-ring (bicyclic) bond motifs is 1. The van der Waals surface area contributed by atoms with Crippen molar-refractivity contribution in [1.29, 1.82) is 0 Å². The lowest BCUT2D eigenvalue weighted by Crippen LogP contribution is -2.22. The average molecular weight is 342 g/mol. The first kappa shape index (κ1) is 14.8. The maximum atomic E-state index is 12.1. The summed E-state index contributed by atoms with van der Waals surface area (Å²) in [4.78, 5) is 17.7. The Kier molecular flexibility index (Phi) is 4.45. The van der Waals surface area contributed by atoms with Gasteiger partial charge in [0.2, 0.25) is 5.91 Å². The van der Waals surface area contributed by atoms with E-state index in [1.54, 1.807) is 18.2 Å². The van der Waals surface area contributed by atoms with E-state index in [0.717, 1.165) is 30.8 Å². The monoisotopic (exact) mass is 341 g/mol. The third-order valence-electron chi connectivity index (χ3n) is 3.20. The molecule has 21 heavy (non-hydrogen) atoms. The van der Waals surface area contributed by atoms with E-state index in [1.165, 1.54) is 16.2 Å². The van der Waals surface area contributed by atoms with Crippen molar-refractivity contribution >= 4 is 45.6 Å². The first-order chi connectivity index (χ1) is 10.1. The van der Waals surface area contributed by atoms with Crippen molar-refractivity contribution in [2.24, 2.45) is 0 Å². The van der Waals surface area contributed by atoms with Crippen LogP contribution in [-0.4, -0.2) is 17.4 Å². The second-order valence-corrected chi connectivity index (χ2v) is 6.69. The van der Waals surface area contributed by atoms with Gasteiger partial charge in [-0.25, -0.2) is 4.98 Å². The van der Waals surface area contributed by atoms with Gasteiger partial charge in [-0.1, -0.05) is 29.3 Å². The molecule has 0 saturated heterocycles. The molecule has 0 fully saturated rings. The first-order valence-corrected chi connectivity index (χ1v) is 8.12. The zero-order valence-corrected chi connectivity index (χ0v) is 13.4. The molecule has 2 N–H and O–H groups in total. The minimum atomic E-state index is -0.104. The van der Waals surface area contributed by atoms with Crippen molar-refractivity contribution in [3.8, 4) is 0 Å². The summed E-state index contributed by atoms with van der Waals surface area (Å²) < 4.78 is 0. The highest BCUT2D eigenvalue weighted by Crippen LogP contribution is 2.26. The van der Waals surface area contributed by atoms with E-state index in [2.05, 4.69) is 15.6 Å². The van der Waals surface area contributed by atoms with Gasteiger partial charge in [0.1, 0.15) is 0 Å². The number of carbonyl (C=O) groups is 1. The summed E-state index contributed by atoms with van der Waals surface area (Å²) in [6.45, 7) is 1.77. The average Bonchev–Trinajstić information content (AvgIpc) is 2.84. The summed E-state index contributed by atoms with van der Waals surface area (Å²) in [5.41, 5.74) is 1.91. The van der Waals surface area contributed by atoms with Crippen LogP contribution >= 0.6 is 34.5 Å². The molecule has 110 valence electrons. The fraction of sp³-hybridized carbons (Fsp3) is 0.286. The van der Waals surface area contributed by atoms with Crippen LogP contribution in [0.4, 0.5) is 5.13 Å². The van der Waals surface area contributed by atoms with Crippen molar-refractivity contribution in [2.75, 3.05) is 11.9 Å². The number of nitrogens with zero attached hydrogens (tertiary/aromatic N) is 1. The normalized spacial score (nSPS) is 13.8. The number of aromatic nitrogens is 1. The van der Waals surface area contributed by atoms with Crippen LogP contribution in [0.25, 0.3) is 0 Å². The molecule has 4 nitrogen and oxygen atoms in total. The lowest BCUT2D eigenvalue weighted by Gasteiger charge is -2.09. The Labute approximate surface area is 136 Å². The first-order valence-electron chi connectivity index (χ1n) is 6.55. The van der Waals surface area contributed by atoms with E-state index in [1.807, 2.05) is 0 Å². The molecule has 7 heteroatoms. The Morgan fingerprint density at radius 2 is 2.24 bits per heavy atom. The molecule has 0 bridgehead atoms. The van der Waals surface area contributed by atoms with Crippen LogP contribution in [0, 0.1) is 0 Å². The third-order valence-corrected chi connectivity index (χ3v) is 4.95. The minimum absolute atomic E-state index is 0.104. The summed E-state index contributed by atoms with van der Waals surface area (Å²) in [7, 11) is 0. The standard InChI is InChI=1S/C14H13Cl2N3OS/c15-9-2-1-8(5-10(9)16)6-13(20)19-14-18-11-3-4-17-7-12(11)21-14/h1-2,5,17H,3-4,6-7H2,(H,18,19,20). The van der Waals surface area contributed by atoms with Crippen LogP contribution in [0.2, 0.25) is 10.0 Å². The number of nitrogens with one attached hydrogen (secondary N) is 2. The van der Waals surface area contributed by atoms with E-state index >= 15 is 0 Å². The van der Waals surface area contributed by atoms with Crippen LogP contribution in [0.5, 0.6) is 0 Å². The minimum Gasteiger partial charge on any atom is -0.311 e. The zero-order chi connectivity index (χ0) is 14.8. The zero-order valence-electron chi connectivity index (χ0n) is 11.1. The van der Waals surface area contributed by atoms with Gasteiger partial charge in [0.25, 0.3) is 0 Å². The molecule has 0 aliphatic carbocycles. The Balaban J connectivity index is 1.66. The van der Waals surface area contributed by atoms with Gasteiger partial charge in [-0.2, -0.15) is 0 Å². The molecule has 1 aromatic carbocycles. The molecule has 1 aliphatic heterocycles. The summed E-state index contributed by atoms with van der Waals surface area (Å²) >= 11 is 13.3. The Morgan fingerprint density at radius 1 is 1.38 bits per heavy atom. The van der Waals surface area contributed by atoms with Gasteiger partial charge in [-0.3, -0.25) is 4.79 Å². The molecule has 0 spiro atoms. The van der Waals surface area contributed by atoms with Crippen LogP contribution in [-0.2, 0) is 24.2 Å². The number of halogens is 2. The number of rotatable bonds is 3. The number of carbonyl (C=O) groups excluding carboxylic acids is 1. The largest absolute Gasteiger partial charge is 0.311 e. The fourth-order valence-corrected chi connectivity index (χ4v) is 3.49. The second kappa shape index (κ2) is 6.32. The summed E-state index contributed by atoms with van der Waals surface area (Å²) in [5.74, 6) is -0.104. The number of benzene rings is 1. The van der Waals surface area contributed by atoms with Gasteiger partial charge in [0.05, 0.1) is 22.2 Å². The predicted molar refractivity (Wildman–Crippen MR) is 86.3 cm³/mol. The molecular weight excluding hydrogens is 329 g/mol. The van der Waals surface area contributed by atoms with Crippen LogP contribution in [0.1, 0.15) is 16.1 Å². The molecule has 0 radical (unpaired) electrons. The highest BCUT2D eigenvalue weighted by molar-refractivity contribution is 7.15. The molecule has 2 aromatic rings. The Hall–Kier alpha value is -1.14. The lowest BCUT2D eigenvalue weighted by atomic mass is 10.1. The number of hydrogen-bond donors (Lipinski definition) is 2. The lowest BCUT2D eigenvalue weighted by molar-refractivity contribution is -0.115. The van der Waals surface area contributed by atoms with Gasteiger partial charge >= 0.3 is 0 Å². The molecule has 1 amide bonds.